The molecule has 0 spiro atoms. The van der Waals surface area contributed by atoms with E-state index < -0.39 is 0 Å². The number of aromatic nitrogens is 3. The van der Waals surface area contributed by atoms with Crippen molar-refractivity contribution in [3.05, 3.63) is 24.3 Å². The third kappa shape index (κ3) is 5.49. The first-order chi connectivity index (χ1) is 12.0. The third-order valence-electron chi connectivity index (χ3n) is 3.76. The lowest BCUT2D eigenvalue weighted by molar-refractivity contribution is -0.118. The highest BCUT2D eigenvalue weighted by Gasteiger charge is 2.14. The van der Waals surface area contributed by atoms with E-state index >= 15 is 0 Å². The summed E-state index contributed by atoms with van der Waals surface area (Å²) in [6.07, 6.45) is 0.989. The van der Waals surface area contributed by atoms with E-state index in [0.717, 1.165) is 35.3 Å². The first kappa shape index (κ1) is 19.3. The van der Waals surface area contributed by atoms with Gasteiger partial charge < -0.3 is 14.6 Å². The van der Waals surface area contributed by atoms with Crippen molar-refractivity contribution < 1.29 is 9.53 Å². The molecule has 7 heteroatoms. The lowest BCUT2D eigenvalue weighted by Crippen LogP contribution is -2.27. The van der Waals surface area contributed by atoms with Crippen molar-refractivity contribution in [3.63, 3.8) is 0 Å². The van der Waals surface area contributed by atoms with Gasteiger partial charge in [0.25, 0.3) is 0 Å². The molecule has 2 aromatic rings. The fourth-order valence-electron chi connectivity index (χ4n) is 2.32. The lowest BCUT2D eigenvalue weighted by Gasteiger charge is -2.09. The molecule has 0 saturated carbocycles. The lowest BCUT2D eigenvalue weighted by atomic mass is 10.1. The van der Waals surface area contributed by atoms with E-state index in [1.807, 2.05) is 35.8 Å². The second-order valence-electron chi connectivity index (χ2n) is 6.10. The molecule has 0 aliphatic rings. The number of hydrogen-bond donors (Lipinski definition) is 1. The molecular formula is C18H26N4O2S. The summed E-state index contributed by atoms with van der Waals surface area (Å²) in [5, 5.41) is 12.2. The van der Waals surface area contributed by atoms with Crippen LogP contribution in [0.2, 0.25) is 0 Å². The van der Waals surface area contributed by atoms with Crippen molar-refractivity contribution >= 4 is 17.7 Å². The molecule has 1 amide bonds. The van der Waals surface area contributed by atoms with E-state index in [1.165, 1.54) is 11.8 Å². The van der Waals surface area contributed by atoms with Gasteiger partial charge in [0.2, 0.25) is 5.91 Å². The number of ether oxygens (including phenoxy) is 1. The molecule has 1 N–H and O–H groups in total. The molecule has 0 aliphatic carbocycles. The number of methoxy groups -OCH3 is 1. The van der Waals surface area contributed by atoms with Crippen molar-refractivity contribution in [2.45, 2.75) is 38.9 Å². The number of rotatable bonds is 9. The van der Waals surface area contributed by atoms with Crippen LogP contribution in [-0.4, -0.2) is 40.1 Å². The van der Waals surface area contributed by atoms with Gasteiger partial charge in [-0.1, -0.05) is 25.6 Å². The van der Waals surface area contributed by atoms with Crippen LogP contribution in [0.25, 0.3) is 11.4 Å². The topological polar surface area (TPSA) is 69.0 Å². The Labute approximate surface area is 153 Å². The Morgan fingerprint density at radius 1 is 1.28 bits per heavy atom. The number of benzene rings is 1. The van der Waals surface area contributed by atoms with E-state index in [0.29, 0.717) is 18.2 Å². The molecule has 0 aliphatic heterocycles. The maximum atomic E-state index is 11.9. The molecular weight excluding hydrogens is 336 g/mol. The van der Waals surface area contributed by atoms with Crippen LogP contribution < -0.4 is 10.1 Å². The number of hydrogen-bond acceptors (Lipinski definition) is 5. The maximum Gasteiger partial charge on any atom is 0.230 e. The number of carbonyl (C=O) groups is 1. The van der Waals surface area contributed by atoms with Crippen LogP contribution in [0.15, 0.2) is 29.4 Å². The van der Waals surface area contributed by atoms with Crippen LogP contribution in [0, 0.1) is 5.92 Å². The number of nitrogens with one attached hydrogen (secondary N) is 1. The molecule has 2 rings (SSSR count). The largest absolute Gasteiger partial charge is 0.497 e. The fraction of sp³-hybridized carbons (Fsp3) is 0.500. The minimum atomic E-state index is 0.0299. The van der Waals surface area contributed by atoms with Crippen LogP contribution in [0.1, 0.15) is 27.2 Å². The molecule has 0 bridgehead atoms. The van der Waals surface area contributed by atoms with Gasteiger partial charge in [0.15, 0.2) is 11.0 Å². The first-order valence-electron chi connectivity index (χ1n) is 8.52. The van der Waals surface area contributed by atoms with Gasteiger partial charge in [-0.15, -0.1) is 10.2 Å². The second-order valence-corrected chi connectivity index (χ2v) is 7.04. The van der Waals surface area contributed by atoms with E-state index in [4.69, 9.17) is 4.74 Å². The zero-order valence-corrected chi connectivity index (χ0v) is 16.1. The maximum absolute atomic E-state index is 11.9. The molecule has 0 radical (unpaired) electrons. The Bertz CT molecular complexity index is 683. The van der Waals surface area contributed by atoms with E-state index in [2.05, 4.69) is 29.4 Å². The third-order valence-corrected chi connectivity index (χ3v) is 4.72. The molecule has 0 atom stereocenters. The van der Waals surface area contributed by atoms with Crippen molar-refractivity contribution in [2.24, 2.45) is 5.92 Å². The van der Waals surface area contributed by atoms with Gasteiger partial charge in [-0.05, 0) is 43.5 Å². The van der Waals surface area contributed by atoms with Crippen LogP contribution in [0.4, 0.5) is 0 Å². The first-order valence-corrected chi connectivity index (χ1v) is 9.50. The fourth-order valence-corrected chi connectivity index (χ4v) is 3.15. The van der Waals surface area contributed by atoms with Gasteiger partial charge in [0.1, 0.15) is 5.75 Å². The van der Waals surface area contributed by atoms with Crippen LogP contribution in [0.3, 0.4) is 0 Å². The average Bonchev–Trinajstić information content (AvgIpc) is 3.02. The molecule has 25 heavy (non-hydrogen) atoms. The van der Waals surface area contributed by atoms with Gasteiger partial charge in [-0.3, -0.25) is 4.79 Å². The summed E-state index contributed by atoms with van der Waals surface area (Å²) in [6, 6.07) is 7.72. The standard InChI is InChI=1S/C18H26N4O2S/c1-5-22-17(14-6-8-15(24-4)9-7-14)20-21-18(22)25-12-16(23)19-11-10-13(2)3/h6-9,13H,5,10-12H2,1-4H3,(H,19,23). The number of nitrogens with zero attached hydrogens (tertiary/aromatic N) is 3. The van der Waals surface area contributed by atoms with E-state index in [9.17, 15) is 4.79 Å². The summed E-state index contributed by atoms with van der Waals surface area (Å²) in [4.78, 5) is 11.9. The van der Waals surface area contributed by atoms with Gasteiger partial charge in [0, 0.05) is 18.7 Å². The van der Waals surface area contributed by atoms with Crippen LogP contribution in [0.5, 0.6) is 5.75 Å². The van der Waals surface area contributed by atoms with Crippen molar-refractivity contribution in [2.75, 3.05) is 19.4 Å². The normalized spacial score (nSPS) is 10.9. The predicted molar refractivity (Wildman–Crippen MR) is 101 cm³/mol. The highest BCUT2D eigenvalue weighted by atomic mass is 32.2. The van der Waals surface area contributed by atoms with E-state index in [-0.39, 0.29) is 5.91 Å². The minimum Gasteiger partial charge on any atom is -0.497 e. The highest BCUT2D eigenvalue weighted by Crippen LogP contribution is 2.25. The van der Waals surface area contributed by atoms with Gasteiger partial charge in [-0.2, -0.15) is 0 Å². The van der Waals surface area contributed by atoms with Gasteiger partial charge in [0.05, 0.1) is 12.9 Å². The summed E-state index contributed by atoms with van der Waals surface area (Å²) < 4.78 is 7.21. The Morgan fingerprint density at radius 3 is 2.60 bits per heavy atom. The highest BCUT2D eigenvalue weighted by molar-refractivity contribution is 7.99. The van der Waals surface area contributed by atoms with Crippen LogP contribution in [-0.2, 0) is 11.3 Å². The number of thioether (sulfide) groups is 1. The van der Waals surface area contributed by atoms with Crippen molar-refractivity contribution in [1.29, 1.82) is 0 Å². The Balaban J connectivity index is 2.00. The predicted octanol–water partition coefficient (Wildman–Crippen LogP) is 3.23. The minimum absolute atomic E-state index is 0.0299. The van der Waals surface area contributed by atoms with Crippen molar-refractivity contribution in [3.8, 4) is 17.1 Å². The molecule has 0 unspecified atom stereocenters. The summed E-state index contributed by atoms with van der Waals surface area (Å²) in [7, 11) is 1.64. The zero-order chi connectivity index (χ0) is 18.2. The SMILES string of the molecule is CCn1c(SCC(=O)NCCC(C)C)nnc1-c1ccc(OC)cc1. The summed E-state index contributed by atoms with van der Waals surface area (Å²) in [5.41, 5.74) is 0.975. The van der Waals surface area contributed by atoms with Crippen LogP contribution >= 0.6 is 11.8 Å². The molecule has 136 valence electrons. The molecule has 6 nitrogen and oxygen atoms in total. The number of amides is 1. The number of carbonyl (C=O) groups excluding carboxylic acids is 1. The van der Waals surface area contributed by atoms with Gasteiger partial charge in [-0.25, -0.2) is 0 Å². The quantitative estimate of drug-likeness (QED) is 0.694. The molecule has 1 aromatic carbocycles. The molecule has 0 fully saturated rings. The molecule has 0 saturated heterocycles. The Kier molecular flexibility index (Phi) is 7.31. The average molecular weight is 362 g/mol. The van der Waals surface area contributed by atoms with Crippen molar-refractivity contribution in [1.82, 2.24) is 20.1 Å². The summed E-state index contributed by atoms with van der Waals surface area (Å²) in [5.74, 6) is 2.57. The smallest absolute Gasteiger partial charge is 0.230 e. The summed E-state index contributed by atoms with van der Waals surface area (Å²) >= 11 is 1.41. The zero-order valence-electron chi connectivity index (χ0n) is 15.3. The Hall–Kier alpha value is -2.02. The molecule has 1 aromatic heterocycles. The monoisotopic (exact) mass is 362 g/mol. The second kappa shape index (κ2) is 9.46. The Morgan fingerprint density at radius 2 is 2.00 bits per heavy atom. The van der Waals surface area contributed by atoms with Gasteiger partial charge >= 0.3 is 0 Å². The summed E-state index contributed by atoms with van der Waals surface area (Å²) in [6.45, 7) is 7.79. The van der Waals surface area contributed by atoms with E-state index in [1.54, 1.807) is 7.11 Å². The molecule has 1 heterocycles.